The largest absolute Gasteiger partial charge is 0.328 e. The zero-order valence-electron chi connectivity index (χ0n) is 10.8. The van der Waals surface area contributed by atoms with Gasteiger partial charge in [0.1, 0.15) is 5.82 Å². The average molecular weight is 231 g/mol. The molecule has 2 aliphatic carbocycles. The Kier molecular flexibility index (Phi) is 1.87. The van der Waals surface area contributed by atoms with Crippen molar-refractivity contribution in [2.24, 2.45) is 5.41 Å². The first-order valence-corrected chi connectivity index (χ1v) is 6.97. The van der Waals surface area contributed by atoms with Crippen LogP contribution in [0.4, 0.5) is 0 Å². The number of imidazole rings is 1. The lowest BCUT2D eigenvalue weighted by atomic mass is 10.1. The zero-order valence-corrected chi connectivity index (χ0v) is 10.8. The minimum Gasteiger partial charge on any atom is -0.328 e. The van der Waals surface area contributed by atoms with E-state index in [2.05, 4.69) is 23.7 Å². The standard InChI is InChI=1S/C14H21N3/c1-14(2)7-12(14)17-11-5-6-15-8-10(11)16-13(17)9-3-4-9/h9,12,15H,3-8H2,1-2H3. The maximum atomic E-state index is 4.94. The van der Waals surface area contributed by atoms with Crippen LogP contribution < -0.4 is 5.32 Å². The Morgan fingerprint density at radius 1 is 1.35 bits per heavy atom. The van der Waals surface area contributed by atoms with Crippen LogP contribution in [-0.4, -0.2) is 16.1 Å². The van der Waals surface area contributed by atoms with Gasteiger partial charge in [0.25, 0.3) is 0 Å². The predicted molar refractivity (Wildman–Crippen MR) is 67.0 cm³/mol. The molecule has 1 atom stereocenters. The zero-order chi connectivity index (χ0) is 11.6. The highest BCUT2D eigenvalue weighted by molar-refractivity contribution is 5.27. The van der Waals surface area contributed by atoms with Crippen LogP contribution in [0.2, 0.25) is 0 Å². The van der Waals surface area contributed by atoms with Crippen LogP contribution in [0.3, 0.4) is 0 Å². The molecule has 0 spiro atoms. The van der Waals surface area contributed by atoms with Gasteiger partial charge in [-0.2, -0.15) is 0 Å². The SMILES string of the molecule is CC1(C)CC1n1c(C2CC2)nc2c1CCNC2. The fourth-order valence-electron chi connectivity index (χ4n) is 3.21. The number of hydrogen-bond donors (Lipinski definition) is 1. The molecule has 3 heteroatoms. The average Bonchev–Trinajstić information content (AvgIpc) is 3.19. The van der Waals surface area contributed by atoms with Gasteiger partial charge < -0.3 is 9.88 Å². The number of aromatic nitrogens is 2. The third kappa shape index (κ3) is 1.48. The molecule has 1 aliphatic heterocycles. The Balaban J connectivity index is 1.81. The lowest BCUT2D eigenvalue weighted by molar-refractivity contribution is 0.504. The van der Waals surface area contributed by atoms with Crippen molar-refractivity contribution in [2.75, 3.05) is 6.54 Å². The first kappa shape index (κ1) is 10.1. The molecule has 2 heterocycles. The molecule has 0 bridgehead atoms. The van der Waals surface area contributed by atoms with Gasteiger partial charge in [0.05, 0.1) is 5.69 Å². The van der Waals surface area contributed by atoms with Crippen molar-refractivity contribution < 1.29 is 0 Å². The van der Waals surface area contributed by atoms with Crippen LogP contribution in [-0.2, 0) is 13.0 Å². The van der Waals surface area contributed by atoms with E-state index in [4.69, 9.17) is 4.98 Å². The van der Waals surface area contributed by atoms with Gasteiger partial charge in [0, 0.05) is 37.2 Å². The van der Waals surface area contributed by atoms with Crippen LogP contribution >= 0.6 is 0 Å². The summed E-state index contributed by atoms with van der Waals surface area (Å²) < 4.78 is 2.63. The van der Waals surface area contributed by atoms with E-state index in [1.165, 1.54) is 37.2 Å². The van der Waals surface area contributed by atoms with Crippen molar-refractivity contribution in [1.29, 1.82) is 0 Å². The Bertz CT molecular complexity index is 468. The summed E-state index contributed by atoms with van der Waals surface area (Å²) in [5.41, 5.74) is 3.38. The number of fused-ring (bicyclic) bond motifs is 1. The molecule has 0 aromatic carbocycles. The molecule has 0 radical (unpaired) electrons. The van der Waals surface area contributed by atoms with E-state index in [1.54, 1.807) is 5.69 Å². The number of nitrogens with zero attached hydrogens (tertiary/aromatic N) is 2. The first-order valence-electron chi connectivity index (χ1n) is 6.97. The lowest BCUT2D eigenvalue weighted by Crippen LogP contribution is -2.25. The quantitative estimate of drug-likeness (QED) is 0.847. The molecule has 1 aromatic heterocycles. The van der Waals surface area contributed by atoms with Gasteiger partial charge in [-0.3, -0.25) is 0 Å². The van der Waals surface area contributed by atoms with Crippen molar-refractivity contribution in [2.45, 2.75) is 58.0 Å². The number of rotatable bonds is 2. The van der Waals surface area contributed by atoms with E-state index < -0.39 is 0 Å². The number of hydrogen-bond acceptors (Lipinski definition) is 2. The van der Waals surface area contributed by atoms with Crippen molar-refractivity contribution in [1.82, 2.24) is 14.9 Å². The Hall–Kier alpha value is -0.830. The van der Waals surface area contributed by atoms with Gasteiger partial charge in [-0.15, -0.1) is 0 Å². The third-order valence-electron chi connectivity index (χ3n) is 4.67. The summed E-state index contributed by atoms with van der Waals surface area (Å²) in [4.78, 5) is 4.94. The Labute approximate surface area is 103 Å². The summed E-state index contributed by atoms with van der Waals surface area (Å²) in [6.45, 7) is 6.88. The molecule has 0 saturated heterocycles. The lowest BCUT2D eigenvalue weighted by Gasteiger charge is -2.17. The van der Waals surface area contributed by atoms with Gasteiger partial charge in [0.15, 0.2) is 0 Å². The second-order valence-corrected chi connectivity index (χ2v) is 6.64. The maximum Gasteiger partial charge on any atom is 0.112 e. The summed E-state index contributed by atoms with van der Waals surface area (Å²) in [5, 5.41) is 3.45. The molecule has 3 aliphatic rings. The van der Waals surface area contributed by atoms with Crippen molar-refractivity contribution >= 4 is 0 Å². The molecule has 2 saturated carbocycles. The second-order valence-electron chi connectivity index (χ2n) is 6.64. The normalized spacial score (nSPS) is 30.1. The van der Waals surface area contributed by atoms with Crippen LogP contribution in [0.15, 0.2) is 0 Å². The molecule has 1 N–H and O–H groups in total. The molecular weight excluding hydrogens is 210 g/mol. The van der Waals surface area contributed by atoms with Gasteiger partial charge in [0.2, 0.25) is 0 Å². The molecular formula is C14H21N3. The minimum absolute atomic E-state index is 0.503. The Morgan fingerprint density at radius 3 is 2.76 bits per heavy atom. The summed E-state index contributed by atoms with van der Waals surface area (Å²) >= 11 is 0. The fourth-order valence-corrected chi connectivity index (χ4v) is 3.21. The molecule has 17 heavy (non-hydrogen) atoms. The summed E-state index contributed by atoms with van der Waals surface area (Å²) in [6, 6.07) is 0.729. The fraction of sp³-hybridized carbons (Fsp3) is 0.786. The summed E-state index contributed by atoms with van der Waals surface area (Å²) in [5.74, 6) is 2.19. The molecule has 4 rings (SSSR count). The monoisotopic (exact) mass is 231 g/mol. The predicted octanol–water partition coefficient (Wildman–Crippen LogP) is 2.38. The van der Waals surface area contributed by atoms with Gasteiger partial charge in [-0.1, -0.05) is 13.8 Å². The van der Waals surface area contributed by atoms with E-state index >= 15 is 0 Å². The highest BCUT2D eigenvalue weighted by Crippen LogP contribution is 2.58. The van der Waals surface area contributed by atoms with Gasteiger partial charge in [-0.05, 0) is 24.7 Å². The topological polar surface area (TPSA) is 29.9 Å². The van der Waals surface area contributed by atoms with Crippen LogP contribution in [0, 0.1) is 5.41 Å². The highest BCUT2D eigenvalue weighted by Gasteiger charge is 2.50. The molecule has 1 unspecified atom stereocenters. The van der Waals surface area contributed by atoms with Crippen LogP contribution in [0.5, 0.6) is 0 Å². The van der Waals surface area contributed by atoms with Gasteiger partial charge >= 0.3 is 0 Å². The minimum atomic E-state index is 0.503. The van der Waals surface area contributed by atoms with Crippen LogP contribution in [0.1, 0.15) is 62.3 Å². The first-order chi connectivity index (χ1) is 8.17. The van der Waals surface area contributed by atoms with E-state index in [-0.39, 0.29) is 0 Å². The van der Waals surface area contributed by atoms with Crippen molar-refractivity contribution in [3.63, 3.8) is 0 Å². The summed E-state index contributed by atoms with van der Waals surface area (Å²) in [7, 11) is 0. The molecule has 3 nitrogen and oxygen atoms in total. The molecule has 92 valence electrons. The van der Waals surface area contributed by atoms with E-state index in [0.717, 1.165) is 25.0 Å². The number of nitrogens with one attached hydrogen (secondary N) is 1. The van der Waals surface area contributed by atoms with E-state index in [0.29, 0.717) is 5.41 Å². The second kappa shape index (κ2) is 3.14. The smallest absolute Gasteiger partial charge is 0.112 e. The van der Waals surface area contributed by atoms with Gasteiger partial charge in [-0.25, -0.2) is 4.98 Å². The third-order valence-corrected chi connectivity index (χ3v) is 4.67. The maximum absolute atomic E-state index is 4.94. The van der Waals surface area contributed by atoms with E-state index in [9.17, 15) is 0 Å². The Morgan fingerprint density at radius 2 is 2.12 bits per heavy atom. The van der Waals surface area contributed by atoms with E-state index in [1.807, 2.05) is 0 Å². The highest BCUT2D eigenvalue weighted by atomic mass is 15.2. The van der Waals surface area contributed by atoms with Crippen LogP contribution in [0.25, 0.3) is 0 Å². The molecule has 2 fully saturated rings. The summed E-state index contributed by atoms with van der Waals surface area (Å²) in [6.07, 6.45) is 5.22. The molecule has 1 aromatic rings. The molecule has 0 amide bonds. The van der Waals surface area contributed by atoms with Crippen molar-refractivity contribution in [3.05, 3.63) is 17.2 Å². The van der Waals surface area contributed by atoms with Crippen molar-refractivity contribution in [3.8, 4) is 0 Å².